The standard InChI is InChI=1S/C9H10N4O3S/c1-5-2-6(3-16-5)8-11-12-9(13(8)10)17-4-7(14)15/h2-3H,4,10H2,1H3,(H,14,15). The van der Waals surface area contributed by atoms with E-state index in [2.05, 4.69) is 10.2 Å². The molecule has 90 valence electrons. The average Bonchev–Trinajstić information content (AvgIpc) is 2.82. The van der Waals surface area contributed by atoms with Crippen LogP contribution in [0, 0.1) is 6.92 Å². The van der Waals surface area contributed by atoms with Crippen molar-refractivity contribution in [2.75, 3.05) is 11.6 Å². The van der Waals surface area contributed by atoms with Gasteiger partial charge in [0.2, 0.25) is 5.16 Å². The summed E-state index contributed by atoms with van der Waals surface area (Å²) in [6.45, 7) is 1.81. The summed E-state index contributed by atoms with van der Waals surface area (Å²) in [6, 6.07) is 1.78. The summed E-state index contributed by atoms with van der Waals surface area (Å²) in [4.78, 5) is 10.4. The molecule has 0 saturated heterocycles. The Morgan fingerprint density at radius 2 is 2.41 bits per heavy atom. The fourth-order valence-electron chi connectivity index (χ4n) is 1.26. The van der Waals surface area contributed by atoms with Crippen molar-refractivity contribution in [3.63, 3.8) is 0 Å². The van der Waals surface area contributed by atoms with Gasteiger partial charge < -0.3 is 15.4 Å². The molecule has 2 rings (SSSR count). The van der Waals surface area contributed by atoms with Crippen LogP contribution in [0.4, 0.5) is 0 Å². The van der Waals surface area contributed by atoms with Gasteiger partial charge in [-0.2, -0.15) is 0 Å². The van der Waals surface area contributed by atoms with Crippen LogP contribution in [0.1, 0.15) is 5.76 Å². The number of nitrogens with zero attached hydrogens (tertiary/aromatic N) is 3. The topological polar surface area (TPSA) is 107 Å². The zero-order valence-corrected chi connectivity index (χ0v) is 9.77. The highest BCUT2D eigenvalue weighted by molar-refractivity contribution is 7.99. The number of carbonyl (C=O) groups is 1. The molecule has 0 aromatic carbocycles. The van der Waals surface area contributed by atoms with Gasteiger partial charge >= 0.3 is 5.97 Å². The number of thioether (sulfide) groups is 1. The van der Waals surface area contributed by atoms with E-state index in [1.165, 1.54) is 10.9 Å². The molecule has 0 unspecified atom stereocenters. The first-order chi connectivity index (χ1) is 8.08. The number of aromatic nitrogens is 3. The van der Waals surface area contributed by atoms with Gasteiger partial charge in [0.25, 0.3) is 0 Å². The molecule has 0 aliphatic carbocycles. The zero-order valence-electron chi connectivity index (χ0n) is 8.95. The number of nitrogen functional groups attached to an aromatic ring is 1. The van der Waals surface area contributed by atoms with Crippen LogP contribution in [0.2, 0.25) is 0 Å². The van der Waals surface area contributed by atoms with Crippen molar-refractivity contribution in [1.29, 1.82) is 0 Å². The normalized spacial score (nSPS) is 10.6. The van der Waals surface area contributed by atoms with Crippen LogP contribution in [0.25, 0.3) is 11.4 Å². The number of hydrogen-bond donors (Lipinski definition) is 2. The maximum Gasteiger partial charge on any atom is 0.313 e. The van der Waals surface area contributed by atoms with Crippen LogP contribution in [0.15, 0.2) is 21.9 Å². The maximum absolute atomic E-state index is 10.4. The predicted octanol–water partition coefficient (Wildman–Crippen LogP) is 0.737. The highest BCUT2D eigenvalue weighted by atomic mass is 32.2. The predicted molar refractivity (Wildman–Crippen MR) is 61.0 cm³/mol. The Morgan fingerprint density at radius 1 is 1.65 bits per heavy atom. The summed E-state index contributed by atoms with van der Waals surface area (Å²) >= 11 is 1.01. The molecular weight excluding hydrogens is 244 g/mol. The summed E-state index contributed by atoms with van der Waals surface area (Å²) < 4.78 is 6.39. The van der Waals surface area contributed by atoms with E-state index in [0.29, 0.717) is 16.5 Å². The van der Waals surface area contributed by atoms with Gasteiger partial charge in [-0.25, -0.2) is 4.68 Å². The van der Waals surface area contributed by atoms with Crippen LogP contribution in [-0.2, 0) is 4.79 Å². The van der Waals surface area contributed by atoms with E-state index in [0.717, 1.165) is 17.5 Å². The van der Waals surface area contributed by atoms with Gasteiger partial charge in [-0.3, -0.25) is 4.79 Å². The molecular formula is C9H10N4O3S. The first kappa shape index (κ1) is 11.5. The number of nitrogens with two attached hydrogens (primary N) is 1. The molecule has 0 aliphatic rings. The van der Waals surface area contributed by atoms with Gasteiger partial charge in [0.15, 0.2) is 5.82 Å². The van der Waals surface area contributed by atoms with E-state index in [-0.39, 0.29) is 5.75 Å². The second-order valence-electron chi connectivity index (χ2n) is 3.30. The molecule has 2 aromatic heterocycles. The second kappa shape index (κ2) is 4.50. The zero-order chi connectivity index (χ0) is 12.4. The Balaban J connectivity index is 2.23. The van der Waals surface area contributed by atoms with Crippen molar-refractivity contribution in [3.05, 3.63) is 18.1 Å². The SMILES string of the molecule is Cc1cc(-c2nnc(SCC(=O)O)n2N)co1. The fraction of sp³-hybridized carbons (Fsp3) is 0.222. The van der Waals surface area contributed by atoms with Gasteiger partial charge in [-0.1, -0.05) is 11.8 Å². The van der Waals surface area contributed by atoms with Crippen LogP contribution in [-0.4, -0.2) is 31.7 Å². The second-order valence-corrected chi connectivity index (χ2v) is 4.25. The molecule has 0 radical (unpaired) electrons. The van der Waals surface area contributed by atoms with E-state index >= 15 is 0 Å². The minimum absolute atomic E-state index is 0.111. The maximum atomic E-state index is 10.4. The van der Waals surface area contributed by atoms with Gasteiger partial charge in [0, 0.05) is 0 Å². The summed E-state index contributed by atoms with van der Waals surface area (Å²) in [5.74, 6) is 5.90. The molecule has 17 heavy (non-hydrogen) atoms. The molecule has 8 heteroatoms. The molecule has 0 spiro atoms. The third-order valence-electron chi connectivity index (χ3n) is 1.98. The molecule has 3 N–H and O–H groups in total. The van der Waals surface area contributed by atoms with E-state index < -0.39 is 5.97 Å². The summed E-state index contributed by atoms with van der Waals surface area (Å²) in [7, 11) is 0. The van der Waals surface area contributed by atoms with Crippen LogP contribution in [0.3, 0.4) is 0 Å². The Bertz CT molecular complexity index is 548. The van der Waals surface area contributed by atoms with E-state index in [9.17, 15) is 4.79 Å². The van der Waals surface area contributed by atoms with Gasteiger partial charge in [0.05, 0.1) is 11.3 Å². The van der Waals surface area contributed by atoms with E-state index in [1.807, 2.05) is 0 Å². The van der Waals surface area contributed by atoms with Crippen LogP contribution < -0.4 is 5.84 Å². The lowest BCUT2D eigenvalue weighted by Gasteiger charge is -1.99. The number of furan rings is 1. The number of aryl methyl sites for hydroxylation is 1. The lowest BCUT2D eigenvalue weighted by molar-refractivity contribution is -0.133. The van der Waals surface area contributed by atoms with Crippen molar-refractivity contribution < 1.29 is 14.3 Å². The average molecular weight is 254 g/mol. The van der Waals surface area contributed by atoms with E-state index in [4.69, 9.17) is 15.4 Å². The quantitative estimate of drug-likeness (QED) is 0.612. The van der Waals surface area contributed by atoms with E-state index in [1.54, 1.807) is 13.0 Å². The molecule has 0 bridgehead atoms. The number of carboxylic acid groups (broad SMARTS) is 1. The summed E-state index contributed by atoms with van der Waals surface area (Å²) in [5, 5.41) is 16.6. The van der Waals surface area contributed by atoms with Crippen LogP contribution in [0.5, 0.6) is 0 Å². The van der Waals surface area contributed by atoms with Crippen molar-refractivity contribution in [2.24, 2.45) is 0 Å². The molecule has 0 atom stereocenters. The molecule has 0 saturated carbocycles. The molecule has 0 aliphatic heterocycles. The first-order valence-corrected chi connectivity index (χ1v) is 5.67. The van der Waals surface area contributed by atoms with Crippen molar-refractivity contribution in [2.45, 2.75) is 12.1 Å². The monoisotopic (exact) mass is 254 g/mol. The summed E-state index contributed by atoms with van der Waals surface area (Å²) in [6.07, 6.45) is 1.52. The Morgan fingerprint density at radius 3 is 3.00 bits per heavy atom. The highest BCUT2D eigenvalue weighted by Crippen LogP contribution is 2.22. The van der Waals surface area contributed by atoms with Crippen molar-refractivity contribution in [1.82, 2.24) is 14.9 Å². The lowest BCUT2D eigenvalue weighted by atomic mass is 10.3. The number of aliphatic carboxylic acids is 1. The Kier molecular flexibility index (Phi) is 3.05. The third kappa shape index (κ3) is 2.41. The first-order valence-electron chi connectivity index (χ1n) is 4.68. The Labute approximate surface area is 101 Å². The summed E-state index contributed by atoms with van der Waals surface area (Å²) in [5.41, 5.74) is 0.708. The van der Waals surface area contributed by atoms with Crippen molar-refractivity contribution in [3.8, 4) is 11.4 Å². The minimum atomic E-state index is -0.932. The van der Waals surface area contributed by atoms with Crippen LogP contribution >= 0.6 is 11.8 Å². The minimum Gasteiger partial charge on any atom is -0.481 e. The lowest BCUT2D eigenvalue weighted by Crippen LogP contribution is -2.12. The molecule has 0 amide bonds. The fourth-order valence-corrected chi connectivity index (χ4v) is 1.84. The van der Waals surface area contributed by atoms with Gasteiger partial charge in [-0.05, 0) is 13.0 Å². The van der Waals surface area contributed by atoms with Gasteiger partial charge in [0.1, 0.15) is 12.0 Å². The molecule has 0 fully saturated rings. The number of rotatable bonds is 4. The number of carboxylic acids is 1. The molecule has 2 heterocycles. The third-order valence-corrected chi connectivity index (χ3v) is 2.91. The molecule has 2 aromatic rings. The Hall–Kier alpha value is -1.96. The van der Waals surface area contributed by atoms with Gasteiger partial charge in [-0.15, -0.1) is 10.2 Å². The largest absolute Gasteiger partial charge is 0.481 e. The number of hydrogen-bond acceptors (Lipinski definition) is 6. The van der Waals surface area contributed by atoms with Crippen molar-refractivity contribution >= 4 is 17.7 Å². The smallest absolute Gasteiger partial charge is 0.313 e. The highest BCUT2D eigenvalue weighted by Gasteiger charge is 2.14. The molecule has 7 nitrogen and oxygen atoms in total.